The van der Waals surface area contributed by atoms with Crippen molar-refractivity contribution in [3.05, 3.63) is 35.0 Å². The van der Waals surface area contributed by atoms with Crippen LogP contribution in [-0.4, -0.2) is 21.3 Å². The molecule has 0 fully saturated rings. The number of aromatic nitrogens is 3. The van der Waals surface area contributed by atoms with Gasteiger partial charge in [0.05, 0.1) is 6.54 Å². The maximum atomic E-state index is 4.02. The van der Waals surface area contributed by atoms with Crippen LogP contribution >= 0.6 is 11.3 Å². The van der Waals surface area contributed by atoms with Gasteiger partial charge in [-0.2, -0.15) is 16.4 Å². The van der Waals surface area contributed by atoms with Gasteiger partial charge < -0.3 is 5.32 Å². The summed E-state index contributed by atoms with van der Waals surface area (Å²) in [6, 6.07) is 2.13. The molecule has 0 aliphatic carbocycles. The van der Waals surface area contributed by atoms with Crippen molar-refractivity contribution in [2.24, 2.45) is 0 Å². The van der Waals surface area contributed by atoms with Crippen LogP contribution < -0.4 is 5.32 Å². The van der Waals surface area contributed by atoms with E-state index in [0.717, 1.165) is 19.6 Å². The molecule has 2 aromatic rings. The van der Waals surface area contributed by atoms with E-state index in [1.54, 1.807) is 24.0 Å². The standard InChI is InChI=1S/C9H12N4S/c1-4-14-6-9(1)5-10-2-3-13-8-11-7-12-13/h1,4,6-8,10H,2-3,5H2. The molecule has 5 heteroatoms. The molecule has 0 atom stereocenters. The Bertz CT molecular complexity index is 305. The van der Waals surface area contributed by atoms with Gasteiger partial charge in [0.2, 0.25) is 0 Å². The van der Waals surface area contributed by atoms with Gasteiger partial charge >= 0.3 is 0 Å². The third-order valence-corrected chi connectivity index (χ3v) is 2.63. The van der Waals surface area contributed by atoms with Gasteiger partial charge in [0, 0.05) is 13.1 Å². The van der Waals surface area contributed by atoms with Crippen LogP contribution in [0.25, 0.3) is 0 Å². The molecule has 0 aromatic carbocycles. The zero-order valence-corrected chi connectivity index (χ0v) is 8.57. The second kappa shape index (κ2) is 4.88. The predicted octanol–water partition coefficient (Wildman–Crippen LogP) is 1.13. The topological polar surface area (TPSA) is 42.7 Å². The second-order valence-corrected chi connectivity index (χ2v) is 3.75. The number of thiophene rings is 1. The monoisotopic (exact) mass is 208 g/mol. The van der Waals surface area contributed by atoms with Crippen LogP contribution in [0.5, 0.6) is 0 Å². The Morgan fingerprint density at radius 2 is 2.50 bits per heavy atom. The molecule has 4 nitrogen and oxygen atoms in total. The average Bonchev–Trinajstić information content (AvgIpc) is 2.86. The molecule has 0 saturated carbocycles. The molecule has 2 heterocycles. The Labute approximate surface area is 86.6 Å². The highest BCUT2D eigenvalue weighted by atomic mass is 32.1. The van der Waals surface area contributed by atoms with Crippen molar-refractivity contribution in [3.63, 3.8) is 0 Å². The van der Waals surface area contributed by atoms with Crippen molar-refractivity contribution in [3.8, 4) is 0 Å². The third-order valence-electron chi connectivity index (χ3n) is 1.89. The molecule has 0 radical (unpaired) electrons. The summed E-state index contributed by atoms with van der Waals surface area (Å²) in [4.78, 5) is 3.88. The number of rotatable bonds is 5. The van der Waals surface area contributed by atoms with E-state index in [0.29, 0.717) is 0 Å². The van der Waals surface area contributed by atoms with Crippen molar-refractivity contribution >= 4 is 11.3 Å². The van der Waals surface area contributed by atoms with E-state index in [9.17, 15) is 0 Å². The predicted molar refractivity (Wildman–Crippen MR) is 56.0 cm³/mol. The summed E-state index contributed by atoms with van der Waals surface area (Å²) in [6.45, 7) is 2.71. The van der Waals surface area contributed by atoms with Crippen LogP contribution in [0.3, 0.4) is 0 Å². The highest BCUT2D eigenvalue weighted by Gasteiger charge is 1.93. The number of hydrogen-bond acceptors (Lipinski definition) is 4. The minimum atomic E-state index is 0.865. The van der Waals surface area contributed by atoms with E-state index in [2.05, 4.69) is 32.2 Å². The molecule has 74 valence electrons. The van der Waals surface area contributed by atoms with E-state index < -0.39 is 0 Å². The van der Waals surface area contributed by atoms with Crippen molar-refractivity contribution in [2.75, 3.05) is 6.54 Å². The Balaban J connectivity index is 1.65. The largest absolute Gasteiger partial charge is 0.311 e. The summed E-state index contributed by atoms with van der Waals surface area (Å²) < 4.78 is 1.82. The lowest BCUT2D eigenvalue weighted by atomic mass is 10.3. The summed E-state index contributed by atoms with van der Waals surface area (Å²) in [5.41, 5.74) is 1.34. The van der Waals surface area contributed by atoms with Crippen molar-refractivity contribution in [2.45, 2.75) is 13.1 Å². The van der Waals surface area contributed by atoms with Gasteiger partial charge in [-0.25, -0.2) is 4.98 Å². The van der Waals surface area contributed by atoms with E-state index in [4.69, 9.17) is 0 Å². The van der Waals surface area contributed by atoms with Gasteiger partial charge in [-0.3, -0.25) is 4.68 Å². The first kappa shape index (κ1) is 9.36. The first-order chi connectivity index (χ1) is 6.95. The molecular weight excluding hydrogens is 196 g/mol. The highest BCUT2D eigenvalue weighted by molar-refractivity contribution is 7.07. The summed E-state index contributed by atoms with van der Waals surface area (Å²) in [7, 11) is 0. The van der Waals surface area contributed by atoms with Gasteiger partial charge in [0.1, 0.15) is 12.7 Å². The summed E-state index contributed by atoms with van der Waals surface area (Å²) in [5.74, 6) is 0. The summed E-state index contributed by atoms with van der Waals surface area (Å²) in [6.07, 6.45) is 3.28. The summed E-state index contributed by atoms with van der Waals surface area (Å²) in [5, 5.41) is 11.6. The van der Waals surface area contributed by atoms with Crippen molar-refractivity contribution < 1.29 is 0 Å². The first-order valence-corrected chi connectivity index (χ1v) is 5.43. The van der Waals surface area contributed by atoms with Crippen LogP contribution in [0.15, 0.2) is 29.5 Å². The molecule has 0 aliphatic heterocycles. The molecule has 14 heavy (non-hydrogen) atoms. The molecule has 0 saturated heterocycles. The van der Waals surface area contributed by atoms with Gasteiger partial charge in [0.25, 0.3) is 0 Å². The molecule has 2 aromatic heterocycles. The van der Waals surface area contributed by atoms with Crippen LogP contribution in [0.2, 0.25) is 0 Å². The molecule has 0 spiro atoms. The molecule has 2 rings (SSSR count). The van der Waals surface area contributed by atoms with Crippen molar-refractivity contribution in [1.82, 2.24) is 20.1 Å². The van der Waals surface area contributed by atoms with Crippen LogP contribution in [-0.2, 0) is 13.1 Å². The number of hydrogen-bond donors (Lipinski definition) is 1. The smallest absolute Gasteiger partial charge is 0.137 e. The fraction of sp³-hybridized carbons (Fsp3) is 0.333. The maximum absolute atomic E-state index is 4.02. The van der Waals surface area contributed by atoms with Crippen LogP contribution in [0.4, 0.5) is 0 Å². The average molecular weight is 208 g/mol. The van der Waals surface area contributed by atoms with E-state index in [1.807, 2.05) is 4.68 Å². The Kier molecular flexibility index (Phi) is 3.26. The van der Waals surface area contributed by atoms with Crippen LogP contribution in [0.1, 0.15) is 5.56 Å². The third kappa shape index (κ3) is 2.65. The fourth-order valence-electron chi connectivity index (χ4n) is 1.17. The number of nitrogens with one attached hydrogen (secondary N) is 1. The van der Waals surface area contributed by atoms with Gasteiger partial charge in [-0.1, -0.05) is 0 Å². The SMILES string of the molecule is c1ncn(CCNCc2ccsc2)n1. The minimum Gasteiger partial charge on any atom is -0.311 e. The van der Waals surface area contributed by atoms with Crippen molar-refractivity contribution in [1.29, 1.82) is 0 Å². The van der Waals surface area contributed by atoms with E-state index in [-0.39, 0.29) is 0 Å². The van der Waals surface area contributed by atoms with Gasteiger partial charge in [0.15, 0.2) is 0 Å². The molecular formula is C9H12N4S. The molecule has 0 bridgehead atoms. The second-order valence-electron chi connectivity index (χ2n) is 2.97. The first-order valence-electron chi connectivity index (χ1n) is 4.49. The van der Waals surface area contributed by atoms with Gasteiger partial charge in [-0.05, 0) is 22.4 Å². The fourth-order valence-corrected chi connectivity index (χ4v) is 1.84. The molecule has 0 unspecified atom stereocenters. The minimum absolute atomic E-state index is 0.865. The normalized spacial score (nSPS) is 10.6. The molecule has 1 N–H and O–H groups in total. The Morgan fingerprint density at radius 1 is 1.50 bits per heavy atom. The highest BCUT2D eigenvalue weighted by Crippen LogP contribution is 2.04. The van der Waals surface area contributed by atoms with Crippen LogP contribution in [0, 0.1) is 0 Å². The van der Waals surface area contributed by atoms with E-state index in [1.165, 1.54) is 5.56 Å². The quantitative estimate of drug-likeness (QED) is 0.749. The molecule has 0 aliphatic rings. The van der Waals surface area contributed by atoms with Gasteiger partial charge in [-0.15, -0.1) is 0 Å². The zero-order valence-electron chi connectivity index (χ0n) is 7.76. The zero-order chi connectivity index (χ0) is 9.64. The van der Waals surface area contributed by atoms with E-state index >= 15 is 0 Å². The Hall–Kier alpha value is -1.20. The number of nitrogens with zero attached hydrogens (tertiary/aromatic N) is 3. The lowest BCUT2D eigenvalue weighted by molar-refractivity contribution is 0.554. The Morgan fingerprint density at radius 3 is 3.21 bits per heavy atom. The lowest BCUT2D eigenvalue weighted by Gasteiger charge is -2.02. The molecule has 0 amide bonds. The summed E-state index contributed by atoms with van der Waals surface area (Å²) >= 11 is 1.73. The lowest BCUT2D eigenvalue weighted by Crippen LogP contribution is -2.19. The maximum Gasteiger partial charge on any atom is 0.137 e.